The van der Waals surface area contributed by atoms with Gasteiger partial charge in [-0.05, 0) is 67.8 Å². The molecule has 1 aromatic rings. The topological polar surface area (TPSA) is 21.3 Å². The Morgan fingerprint density at radius 1 is 1.35 bits per heavy atom. The number of benzene rings is 1. The number of hydrogen-bond donors (Lipinski definition) is 1. The van der Waals surface area contributed by atoms with Crippen LogP contribution in [0.3, 0.4) is 0 Å². The zero-order valence-corrected chi connectivity index (χ0v) is 12.6. The van der Waals surface area contributed by atoms with Crippen LogP contribution < -0.4 is 10.1 Å². The first-order chi connectivity index (χ1) is 9.74. The molecule has 3 atom stereocenters. The van der Waals surface area contributed by atoms with E-state index in [0.717, 1.165) is 11.7 Å². The van der Waals surface area contributed by atoms with Gasteiger partial charge in [0.15, 0.2) is 0 Å². The van der Waals surface area contributed by atoms with Crippen LogP contribution in [-0.2, 0) is 11.8 Å². The third-order valence-electron chi connectivity index (χ3n) is 6.08. The summed E-state index contributed by atoms with van der Waals surface area (Å²) in [4.78, 5) is 0. The van der Waals surface area contributed by atoms with Crippen LogP contribution in [0.4, 0.5) is 0 Å². The van der Waals surface area contributed by atoms with Gasteiger partial charge in [-0.3, -0.25) is 0 Å². The average Bonchev–Trinajstić information content (AvgIpc) is 2.48. The van der Waals surface area contributed by atoms with Gasteiger partial charge in [0.05, 0.1) is 7.11 Å². The van der Waals surface area contributed by atoms with Crippen LogP contribution >= 0.6 is 0 Å². The number of methoxy groups -OCH3 is 1. The van der Waals surface area contributed by atoms with Gasteiger partial charge in [-0.2, -0.15) is 0 Å². The number of nitrogens with one attached hydrogen (secondary N) is 1. The Bertz CT molecular complexity index is 534. The second-order valence-electron chi connectivity index (χ2n) is 6.90. The Morgan fingerprint density at radius 3 is 3.10 bits per heavy atom. The van der Waals surface area contributed by atoms with Crippen LogP contribution in [0, 0.1) is 18.9 Å². The highest BCUT2D eigenvalue weighted by Gasteiger charge is 2.51. The van der Waals surface area contributed by atoms with Crippen molar-refractivity contribution in [3.63, 3.8) is 0 Å². The maximum atomic E-state index is 5.50. The molecule has 20 heavy (non-hydrogen) atoms. The van der Waals surface area contributed by atoms with Crippen molar-refractivity contribution in [1.82, 2.24) is 5.32 Å². The zero-order valence-electron chi connectivity index (χ0n) is 12.6. The highest BCUT2D eigenvalue weighted by Crippen LogP contribution is 2.54. The first kappa shape index (κ1) is 12.7. The maximum absolute atomic E-state index is 5.50. The van der Waals surface area contributed by atoms with Gasteiger partial charge in [-0.1, -0.05) is 12.8 Å². The quantitative estimate of drug-likeness (QED) is 0.846. The first-order valence-corrected chi connectivity index (χ1v) is 8.08. The van der Waals surface area contributed by atoms with E-state index in [2.05, 4.69) is 24.4 Å². The fourth-order valence-electron chi connectivity index (χ4n) is 5.17. The minimum absolute atomic E-state index is 0.390. The average molecular weight is 270 g/mol. The van der Waals surface area contributed by atoms with Crippen molar-refractivity contribution in [3.05, 3.63) is 28.8 Å². The van der Waals surface area contributed by atoms with E-state index in [1.54, 1.807) is 12.7 Å². The lowest BCUT2D eigenvalue weighted by atomic mass is 9.52. The molecule has 1 saturated carbocycles. The second kappa shape index (κ2) is 4.49. The van der Waals surface area contributed by atoms with E-state index >= 15 is 0 Å². The van der Waals surface area contributed by atoms with E-state index in [1.165, 1.54) is 56.2 Å². The molecule has 0 aromatic heterocycles. The normalized spacial score (nSPS) is 35.1. The van der Waals surface area contributed by atoms with Crippen LogP contribution in [0.1, 0.15) is 48.8 Å². The Labute approximate surface area is 121 Å². The predicted molar refractivity (Wildman–Crippen MR) is 80.3 cm³/mol. The molecule has 1 N–H and O–H groups in total. The molecule has 2 heteroatoms. The molecule has 0 amide bonds. The van der Waals surface area contributed by atoms with Crippen molar-refractivity contribution >= 4 is 0 Å². The molecule has 2 bridgehead atoms. The van der Waals surface area contributed by atoms with E-state index in [9.17, 15) is 0 Å². The fourth-order valence-corrected chi connectivity index (χ4v) is 5.17. The van der Waals surface area contributed by atoms with Gasteiger partial charge in [0, 0.05) is 17.5 Å². The van der Waals surface area contributed by atoms with Crippen LogP contribution in [0.15, 0.2) is 6.07 Å². The molecule has 1 heterocycles. The summed E-state index contributed by atoms with van der Waals surface area (Å²) >= 11 is 0. The molecule has 2 fully saturated rings. The van der Waals surface area contributed by atoms with Gasteiger partial charge < -0.3 is 10.1 Å². The minimum Gasteiger partial charge on any atom is -0.496 e. The maximum Gasteiger partial charge on any atom is 0.127 e. The van der Waals surface area contributed by atoms with E-state index in [-0.39, 0.29) is 0 Å². The molecular formula is C18H24NO. The van der Waals surface area contributed by atoms with E-state index < -0.39 is 0 Å². The summed E-state index contributed by atoms with van der Waals surface area (Å²) in [6.45, 7) is 3.41. The highest BCUT2D eigenvalue weighted by atomic mass is 16.5. The van der Waals surface area contributed by atoms with Gasteiger partial charge >= 0.3 is 0 Å². The van der Waals surface area contributed by atoms with Crippen molar-refractivity contribution in [2.75, 3.05) is 13.7 Å². The lowest BCUT2D eigenvalue weighted by Gasteiger charge is -2.56. The summed E-state index contributed by atoms with van der Waals surface area (Å²) in [6.07, 6.45) is 8.00. The predicted octanol–water partition coefficient (Wildman–Crippen LogP) is 3.15. The summed E-state index contributed by atoms with van der Waals surface area (Å²) in [6, 6.07) is 6.50. The minimum atomic E-state index is 0.390. The lowest BCUT2D eigenvalue weighted by Crippen LogP contribution is -2.59. The lowest BCUT2D eigenvalue weighted by molar-refractivity contribution is 0.0790. The number of rotatable bonds is 1. The monoisotopic (exact) mass is 270 g/mol. The Hall–Kier alpha value is -1.02. The molecule has 1 unspecified atom stereocenters. The van der Waals surface area contributed by atoms with Gasteiger partial charge in [0.1, 0.15) is 5.75 Å². The Balaban J connectivity index is 1.92. The SMILES string of the molecule is COc1[c]c2c(c(C)c1)C[C@H]1NCC[C@@]23CCCCC13. The number of aryl methyl sites for hydroxylation is 1. The zero-order chi connectivity index (χ0) is 13.7. The molecule has 107 valence electrons. The van der Waals surface area contributed by atoms with Crippen molar-refractivity contribution in [1.29, 1.82) is 0 Å². The smallest absolute Gasteiger partial charge is 0.127 e. The Kier molecular flexibility index (Phi) is 2.85. The molecule has 1 aliphatic heterocycles. The molecule has 1 radical (unpaired) electrons. The van der Waals surface area contributed by atoms with Gasteiger partial charge in [-0.25, -0.2) is 0 Å². The molecule has 1 saturated heterocycles. The Morgan fingerprint density at radius 2 is 2.25 bits per heavy atom. The highest BCUT2D eigenvalue weighted by molar-refractivity contribution is 5.48. The largest absolute Gasteiger partial charge is 0.496 e. The van der Waals surface area contributed by atoms with Crippen molar-refractivity contribution in [2.45, 2.75) is 56.9 Å². The number of ether oxygens (including phenoxy) is 1. The molecule has 1 aromatic carbocycles. The van der Waals surface area contributed by atoms with E-state index in [4.69, 9.17) is 4.74 Å². The second-order valence-corrected chi connectivity index (χ2v) is 6.90. The molecule has 3 aliphatic rings. The summed E-state index contributed by atoms with van der Waals surface area (Å²) in [5.74, 6) is 1.75. The van der Waals surface area contributed by atoms with Gasteiger partial charge in [0.2, 0.25) is 0 Å². The fraction of sp³-hybridized carbons (Fsp3) is 0.667. The molecule has 2 aliphatic carbocycles. The van der Waals surface area contributed by atoms with Crippen LogP contribution in [0.2, 0.25) is 0 Å². The van der Waals surface area contributed by atoms with Crippen LogP contribution in [0.25, 0.3) is 0 Å². The summed E-state index contributed by atoms with van der Waals surface area (Å²) in [7, 11) is 1.77. The summed E-state index contributed by atoms with van der Waals surface area (Å²) < 4.78 is 5.50. The summed E-state index contributed by atoms with van der Waals surface area (Å²) in [5.41, 5.74) is 4.85. The first-order valence-electron chi connectivity index (χ1n) is 8.08. The molecule has 0 spiro atoms. The number of fused-ring (bicyclic) bond motifs is 1. The third-order valence-corrected chi connectivity index (χ3v) is 6.08. The van der Waals surface area contributed by atoms with Gasteiger partial charge in [0.25, 0.3) is 0 Å². The molecule has 2 nitrogen and oxygen atoms in total. The van der Waals surface area contributed by atoms with Crippen molar-refractivity contribution in [3.8, 4) is 5.75 Å². The molecular weight excluding hydrogens is 246 g/mol. The number of hydrogen-bond acceptors (Lipinski definition) is 2. The molecule has 4 rings (SSSR count). The van der Waals surface area contributed by atoms with E-state index in [0.29, 0.717) is 11.5 Å². The number of piperidine rings is 1. The van der Waals surface area contributed by atoms with Crippen LogP contribution in [0.5, 0.6) is 5.75 Å². The third kappa shape index (κ3) is 1.60. The van der Waals surface area contributed by atoms with Gasteiger partial charge in [-0.15, -0.1) is 0 Å². The van der Waals surface area contributed by atoms with E-state index in [1.807, 2.05) is 0 Å². The van der Waals surface area contributed by atoms with Crippen molar-refractivity contribution < 1.29 is 4.74 Å². The van der Waals surface area contributed by atoms with Crippen molar-refractivity contribution in [2.24, 2.45) is 5.92 Å². The standard InChI is InChI=1S/C18H24NO/c1-12-9-13(20-2)10-16-14(12)11-17-15-5-3-4-6-18(15,16)7-8-19-17/h9,15,17,19H,3-8,11H2,1-2H3/t15?,17-,18-/m1/s1. The summed E-state index contributed by atoms with van der Waals surface area (Å²) in [5, 5.41) is 3.80. The van der Waals surface area contributed by atoms with Crippen LogP contribution in [-0.4, -0.2) is 19.7 Å².